The van der Waals surface area contributed by atoms with Gasteiger partial charge in [-0.2, -0.15) is 0 Å². The van der Waals surface area contributed by atoms with E-state index in [0.717, 1.165) is 44.6 Å². The van der Waals surface area contributed by atoms with Crippen molar-refractivity contribution in [1.82, 2.24) is 10.2 Å². The van der Waals surface area contributed by atoms with Gasteiger partial charge < -0.3 is 10.2 Å². The minimum absolute atomic E-state index is 0.0885. The maximum atomic E-state index is 13.1. The molecule has 1 spiro atoms. The number of nitrogens with one attached hydrogen (secondary N) is 1. The number of carbonyl (C=O) groups is 2. The second-order valence-electron chi connectivity index (χ2n) is 7.77. The molecule has 1 atom stereocenters. The zero-order chi connectivity index (χ0) is 14.7. The van der Waals surface area contributed by atoms with Gasteiger partial charge in [0.1, 0.15) is 11.6 Å². The summed E-state index contributed by atoms with van der Waals surface area (Å²) in [6.45, 7) is 2.86. The zero-order valence-corrected chi connectivity index (χ0v) is 13.0. The van der Waals surface area contributed by atoms with E-state index in [0.29, 0.717) is 5.41 Å². The monoisotopic (exact) mass is 290 g/mol. The number of amides is 2. The van der Waals surface area contributed by atoms with E-state index in [9.17, 15) is 9.59 Å². The van der Waals surface area contributed by atoms with Crippen LogP contribution >= 0.6 is 0 Å². The second kappa shape index (κ2) is 4.47. The highest BCUT2D eigenvalue weighted by molar-refractivity contribution is 6.00. The summed E-state index contributed by atoms with van der Waals surface area (Å²) in [6.07, 6.45) is 9.69. The van der Waals surface area contributed by atoms with Gasteiger partial charge in [0.2, 0.25) is 11.8 Å². The molecule has 0 aromatic heterocycles. The van der Waals surface area contributed by atoms with Crippen LogP contribution in [0.3, 0.4) is 0 Å². The standard InChI is InChI=1S/C17H26N2O2/c1-2-13-14(20)18-17(7-3-4-8-17)15(21)19(13)11-16(9-10-16)12-5-6-12/h12-13H,2-11H2,1H3,(H,18,20). The molecular weight excluding hydrogens is 264 g/mol. The van der Waals surface area contributed by atoms with Crippen molar-refractivity contribution >= 4 is 11.8 Å². The average molecular weight is 290 g/mol. The first-order chi connectivity index (χ1) is 10.1. The lowest BCUT2D eigenvalue weighted by Crippen LogP contribution is -2.70. The zero-order valence-electron chi connectivity index (χ0n) is 13.0. The SMILES string of the molecule is CCC1C(=O)NC2(CCCC2)C(=O)N1CC1(C2CC2)CC1. The molecule has 4 rings (SSSR count). The van der Waals surface area contributed by atoms with Crippen molar-refractivity contribution in [1.29, 1.82) is 0 Å². The molecule has 4 nitrogen and oxygen atoms in total. The molecule has 0 aromatic rings. The van der Waals surface area contributed by atoms with Gasteiger partial charge in [-0.25, -0.2) is 0 Å². The maximum Gasteiger partial charge on any atom is 0.249 e. The Morgan fingerprint density at radius 2 is 1.81 bits per heavy atom. The highest BCUT2D eigenvalue weighted by atomic mass is 16.2. The summed E-state index contributed by atoms with van der Waals surface area (Å²) in [6, 6.07) is -0.236. The molecule has 116 valence electrons. The van der Waals surface area contributed by atoms with E-state index in [4.69, 9.17) is 0 Å². The number of rotatable bonds is 4. The van der Waals surface area contributed by atoms with Crippen molar-refractivity contribution in [2.45, 2.75) is 76.3 Å². The summed E-state index contributed by atoms with van der Waals surface area (Å²) in [5.74, 6) is 1.14. The molecule has 4 heteroatoms. The molecule has 2 amide bonds. The van der Waals surface area contributed by atoms with Crippen molar-refractivity contribution in [2.24, 2.45) is 11.3 Å². The van der Waals surface area contributed by atoms with E-state index in [-0.39, 0.29) is 17.9 Å². The predicted molar refractivity (Wildman–Crippen MR) is 79.5 cm³/mol. The van der Waals surface area contributed by atoms with Crippen molar-refractivity contribution in [3.63, 3.8) is 0 Å². The van der Waals surface area contributed by atoms with E-state index in [1.54, 1.807) is 0 Å². The van der Waals surface area contributed by atoms with Crippen LogP contribution in [0.1, 0.15) is 64.7 Å². The Hall–Kier alpha value is -1.06. The number of hydrogen-bond acceptors (Lipinski definition) is 2. The molecule has 3 aliphatic carbocycles. The van der Waals surface area contributed by atoms with Crippen LogP contribution in [0.25, 0.3) is 0 Å². The summed E-state index contributed by atoms with van der Waals surface area (Å²) in [5, 5.41) is 3.09. The van der Waals surface area contributed by atoms with Gasteiger partial charge in [0, 0.05) is 6.54 Å². The van der Waals surface area contributed by atoms with Gasteiger partial charge in [-0.15, -0.1) is 0 Å². The summed E-state index contributed by atoms with van der Waals surface area (Å²) < 4.78 is 0. The van der Waals surface area contributed by atoms with Gasteiger partial charge in [0.25, 0.3) is 0 Å². The number of piperazine rings is 1. The molecule has 4 fully saturated rings. The lowest BCUT2D eigenvalue weighted by Gasteiger charge is -2.45. The van der Waals surface area contributed by atoms with Crippen molar-refractivity contribution in [2.75, 3.05) is 6.54 Å². The first kappa shape index (κ1) is 13.6. The third kappa shape index (κ3) is 2.01. The van der Waals surface area contributed by atoms with Crippen LogP contribution in [0, 0.1) is 11.3 Å². The fourth-order valence-corrected chi connectivity index (χ4v) is 4.73. The van der Waals surface area contributed by atoms with Crippen molar-refractivity contribution < 1.29 is 9.59 Å². The minimum Gasteiger partial charge on any atom is -0.340 e. The van der Waals surface area contributed by atoms with E-state index in [1.807, 2.05) is 11.8 Å². The van der Waals surface area contributed by atoms with Crippen LogP contribution in [-0.4, -0.2) is 34.8 Å². The molecule has 0 bridgehead atoms. The molecule has 0 aromatic carbocycles. The third-order valence-electron chi connectivity index (χ3n) is 6.38. The minimum atomic E-state index is -0.553. The van der Waals surface area contributed by atoms with Gasteiger partial charge in [0.05, 0.1) is 0 Å². The fourth-order valence-electron chi connectivity index (χ4n) is 4.73. The molecule has 1 unspecified atom stereocenters. The van der Waals surface area contributed by atoms with Gasteiger partial charge in [0.15, 0.2) is 0 Å². The van der Waals surface area contributed by atoms with Crippen molar-refractivity contribution in [3.8, 4) is 0 Å². The van der Waals surface area contributed by atoms with E-state index in [1.165, 1.54) is 25.7 Å². The summed E-state index contributed by atoms with van der Waals surface area (Å²) in [4.78, 5) is 27.6. The Kier molecular flexibility index (Phi) is 2.89. The second-order valence-corrected chi connectivity index (χ2v) is 7.77. The number of nitrogens with zero attached hydrogens (tertiary/aromatic N) is 1. The molecule has 3 saturated carbocycles. The Bertz CT molecular complexity index is 473. The maximum absolute atomic E-state index is 13.1. The smallest absolute Gasteiger partial charge is 0.249 e. The highest BCUT2D eigenvalue weighted by Gasteiger charge is 2.58. The average Bonchev–Trinajstić information content (AvgIpc) is 3.36. The first-order valence-electron chi connectivity index (χ1n) is 8.73. The van der Waals surface area contributed by atoms with Crippen LogP contribution in [0.5, 0.6) is 0 Å². The molecule has 1 heterocycles. The van der Waals surface area contributed by atoms with E-state index >= 15 is 0 Å². The lowest BCUT2D eigenvalue weighted by atomic mass is 9.88. The van der Waals surface area contributed by atoms with E-state index in [2.05, 4.69) is 5.32 Å². The molecule has 1 saturated heterocycles. The van der Waals surface area contributed by atoms with Gasteiger partial charge >= 0.3 is 0 Å². The third-order valence-corrected chi connectivity index (χ3v) is 6.38. The van der Waals surface area contributed by atoms with Gasteiger partial charge in [-0.1, -0.05) is 19.8 Å². The molecule has 0 radical (unpaired) electrons. The molecule has 1 N–H and O–H groups in total. The van der Waals surface area contributed by atoms with Crippen LogP contribution in [0.4, 0.5) is 0 Å². The molecule has 1 aliphatic heterocycles. The molecule has 4 aliphatic rings. The van der Waals surface area contributed by atoms with Gasteiger partial charge in [-0.3, -0.25) is 9.59 Å². The number of carbonyl (C=O) groups excluding carboxylic acids is 2. The highest BCUT2D eigenvalue weighted by Crippen LogP contribution is 2.62. The Labute approximate surface area is 126 Å². The van der Waals surface area contributed by atoms with Crippen LogP contribution in [0.15, 0.2) is 0 Å². The topological polar surface area (TPSA) is 49.4 Å². The number of hydrogen-bond donors (Lipinski definition) is 1. The van der Waals surface area contributed by atoms with E-state index < -0.39 is 5.54 Å². The summed E-state index contributed by atoms with van der Waals surface area (Å²) in [7, 11) is 0. The normalized spacial score (nSPS) is 33.4. The summed E-state index contributed by atoms with van der Waals surface area (Å²) in [5.41, 5.74) is -0.178. The Morgan fingerprint density at radius 3 is 2.33 bits per heavy atom. The quantitative estimate of drug-likeness (QED) is 0.863. The van der Waals surface area contributed by atoms with Crippen molar-refractivity contribution in [3.05, 3.63) is 0 Å². The van der Waals surface area contributed by atoms with Crippen LogP contribution < -0.4 is 5.32 Å². The largest absolute Gasteiger partial charge is 0.340 e. The molecule has 21 heavy (non-hydrogen) atoms. The Morgan fingerprint density at radius 1 is 1.14 bits per heavy atom. The Balaban J connectivity index is 1.60. The van der Waals surface area contributed by atoms with Crippen LogP contribution in [-0.2, 0) is 9.59 Å². The molecular formula is C17H26N2O2. The van der Waals surface area contributed by atoms with Crippen LogP contribution in [0.2, 0.25) is 0 Å². The lowest BCUT2D eigenvalue weighted by molar-refractivity contribution is -0.156. The van der Waals surface area contributed by atoms with Gasteiger partial charge in [-0.05, 0) is 56.3 Å². The fraction of sp³-hybridized carbons (Fsp3) is 0.882. The summed E-state index contributed by atoms with van der Waals surface area (Å²) >= 11 is 0. The first-order valence-corrected chi connectivity index (χ1v) is 8.73. The predicted octanol–water partition coefficient (Wildman–Crippen LogP) is 2.23.